The Kier molecular flexibility index (Phi) is 2.26. The largest absolute Gasteiger partial charge is 0.335 e. The van der Waals surface area contributed by atoms with Crippen LogP contribution in [0.4, 0.5) is 0 Å². The highest BCUT2D eigenvalue weighted by Gasteiger charge is 2.05. The highest BCUT2D eigenvalue weighted by molar-refractivity contribution is 7.71. The second kappa shape index (κ2) is 3.43. The lowest BCUT2D eigenvalue weighted by atomic mass is 10.2. The molecule has 0 amide bonds. The van der Waals surface area contributed by atoms with Crippen LogP contribution in [0, 0.1) is 4.77 Å². The Morgan fingerprint density at radius 3 is 2.86 bits per heavy atom. The number of hydrogen-bond acceptors (Lipinski definition) is 3. The van der Waals surface area contributed by atoms with Crippen LogP contribution in [-0.2, 0) is 0 Å². The molecule has 0 unspecified atom stereocenters. The number of hydrogen-bond donors (Lipinski definition) is 2. The molecule has 0 spiro atoms. The predicted molar refractivity (Wildman–Crippen MR) is 58.0 cm³/mol. The Balaban J connectivity index is 2.60. The number of rotatable bonds is 1. The Bertz CT molecular complexity index is 516. The lowest BCUT2D eigenvalue weighted by Gasteiger charge is -1.99. The minimum absolute atomic E-state index is 0.375. The number of halogens is 1. The molecule has 6 heteroatoms. The molecule has 1 aromatic heterocycles. The van der Waals surface area contributed by atoms with E-state index in [9.17, 15) is 0 Å². The van der Waals surface area contributed by atoms with Crippen LogP contribution in [0.5, 0.6) is 0 Å². The lowest BCUT2D eigenvalue weighted by Crippen LogP contribution is -2.09. The maximum Gasteiger partial charge on any atom is 0.214 e. The van der Waals surface area contributed by atoms with Gasteiger partial charge in [-0.25, -0.2) is 9.77 Å². The third-order valence-corrected chi connectivity index (χ3v) is 2.31. The molecular formula is C8H7ClN4S. The first kappa shape index (κ1) is 9.23. The van der Waals surface area contributed by atoms with Crippen molar-refractivity contribution in [3.05, 3.63) is 34.1 Å². The minimum atomic E-state index is 0.375. The zero-order valence-corrected chi connectivity index (χ0v) is 8.64. The molecule has 4 nitrogen and oxygen atoms in total. The summed E-state index contributed by atoms with van der Waals surface area (Å²) in [6.45, 7) is 0. The highest BCUT2D eigenvalue weighted by atomic mass is 35.5. The van der Waals surface area contributed by atoms with Gasteiger partial charge in [0, 0.05) is 10.6 Å². The average molecular weight is 227 g/mol. The van der Waals surface area contributed by atoms with Crippen molar-refractivity contribution >= 4 is 23.8 Å². The molecule has 1 aromatic carbocycles. The van der Waals surface area contributed by atoms with E-state index in [-0.39, 0.29) is 0 Å². The third-order valence-electron chi connectivity index (χ3n) is 1.79. The van der Waals surface area contributed by atoms with Gasteiger partial charge in [0.05, 0.1) is 0 Å². The van der Waals surface area contributed by atoms with Crippen LogP contribution in [0.3, 0.4) is 0 Å². The number of H-pyrrole nitrogens is 1. The fourth-order valence-corrected chi connectivity index (χ4v) is 1.46. The standard InChI is InChI=1S/C8H7ClN4S/c9-6-3-1-2-5(4-6)7-11-12-8(14)13(7)10/h1-4H,10H2,(H,12,14). The maximum absolute atomic E-state index is 5.84. The van der Waals surface area contributed by atoms with E-state index in [1.165, 1.54) is 4.68 Å². The molecule has 14 heavy (non-hydrogen) atoms. The zero-order chi connectivity index (χ0) is 10.1. The minimum Gasteiger partial charge on any atom is -0.335 e. The molecule has 2 rings (SSSR count). The third kappa shape index (κ3) is 1.51. The van der Waals surface area contributed by atoms with Gasteiger partial charge in [-0.2, -0.15) is 5.10 Å². The molecule has 0 fully saturated rings. The van der Waals surface area contributed by atoms with Gasteiger partial charge in [0.25, 0.3) is 0 Å². The molecule has 0 bridgehead atoms. The maximum atomic E-state index is 5.84. The molecule has 0 atom stereocenters. The predicted octanol–water partition coefficient (Wildman–Crippen LogP) is 1.97. The summed E-state index contributed by atoms with van der Waals surface area (Å²) in [6.07, 6.45) is 0. The SMILES string of the molecule is Nn1c(-c2cccc(Cl)c2)n[nH]c1=S. The fraction of sp³-hybridized carbons (Fsp3) is 0. The van der Waals surface area contributed by atoms with Gasteiger partial charge in [0.2, 0.25) is 4.77 Å². The van der Waals surface area contributed by atoms with Crippen LogP contribution in [0.1, 0.15) is 0 Å². The summed E-state index contributed by atoms with van der Waals surface area (Å²) in [5.74, 6) is 6.23. The number of benzene rings is 1. The summed E-state index contributed by atoms with van der Waals surface area (Å²) in [7, 11) is 0. The number of nitrogen functional groups attached to an aromatic ring is 1. The fourth-order valence-electron chi connectivity index (χ4n) is 1.14. The monoisotopic (exact) mass is 226 g/mol. The van der Waals surface area contributed by atoms with E-state index in [0.717, 1.165) is 5.56 Å². The molecule has 0 aliphatic rings. The number of aromatic nitrogens is 3. The number of nitrogens with two attached hydrogens (primary N) is 1. The summed E-state index contributed by atoms with van der Waals surface area (Å²) >= 11 is 10.7. The van der Waals surface area contributed by atoms with Crippen molar-refractivity contribution in [2.24, 2.45) is 0 Å². The van der Waals surface area contributed by atoms with Crippen LogP contribution in [0.25, 0.3) is 11.4 Å². The van der Waals surface area contributed by atoms with Crippen molar-refractivity contribution in [3.8, 4) is 11.4 Å². The van der Waals surface area contributed by atoms with E-state index in [0.29, 0.717) is 15.6 Å². The van der Waals surface area contributed by atoms with Crippen LogP contribution in [0.15, 0.2) is 24.3 Å². The van der Waals surface area contributed by atoms with Crippen LogP contribution in [-0.4, -0.2) is 14.9 Å². The van der Waals surface area contributed by atoms with Gasteiger partial charge in [0.1, 0.15) is 0 Å². The average Bonchev–Trinajstić information content (AvgIpc) is 2.48. The van der Waals surface area contributed by atoms with Crippen molar-refractivity contribution in [1.82, 2.24) is 14.9 Å². The molecular weight excluding hydrogens is 220 g/mol. The van der Waals surface area contributed by atoms with E-state index in [1.807, 2.05) is 12.1 Å². The molecule has 1 heterocycles. The van der Waals surface area contributed by atoms with E-state index < -0.39 is 0 Å². The zero-order valence-electron chi connectivity index (χ0n) is 7.07. The highest BCUT2D eigenvalue weighted by Crippen LogP contribution is 2.19. The van der Waals surface area contributed by atoms with Crippen LogP contribution < -0.4 is 5.84 Å². The van der Waals surface area contributed by atoms with E-state index >= 15 is 0 Å². The molecule has 2 aromatic rings. The van der Waals surface area contributed by atoms with Crippen LogP contribution in [0.2, 0.25) is 5.02 Å². The summed E-state index contributed by atoms with van der Waals surface area (Å²) < 4.78 is 1.68. The molecule has 0 aliphatic carbocycles. The second-order valence-corrected chi connectivity index (χ2v) is 3.56. The summed E-state index contributed by atoms with van der Waals surface area (Å²) in [5.41, 5.74) is 0.826. The molecule has 0 aliphatic heterocycles. The van der Waals surface area contributed by atoms with Gasteiger partial charge in [0.15, 0.2) is 5.82 Å². The summed E-state index contributed by atoms with van der Waals surface area (Å²) in [5, 5.41) is 7.23. The molecule has 0 saturated heterocycles. The van der Waals surface area contributed by atoms with E-state index in [2.05, 4.69) is 10.2 Å². The van der Waals surface area contributed by atoms with E-state index in [4.69, 9.17) is 29.7 Å². The van der Waals surface area contributed by atoms with Gasteiger partial charge in [-0.15, -0.1) is 0 Å². The number of nitrogens with one attached hydrogen (secondary N) is 1. The Morgan fingerprint density at radius 2 is 2.29 bits per heavy atom. The Hall–Kier alpha value is -1.33. The van der Waals surface area contributed by atoms with Gasteiger partial charge in [-0.3, -0.25) is 0 Å². The first-order valence-corrected chi connectivity index (χ1v) is 4.65. The number of nitrogens with zero attached hydrogens (tertiary/aromatic N) is 2. The molecule has 0 radical (unpaired) electrons. The van der Waals surface area contributed by atoms with Crippen molar-refractivity contribution in [2.75, 3.05) is 5.84 Å². The molecule has 72 valence electrons. The Labute approximate surface area is 90.3 Å². The van der Waals surface area contributed by atoms with Crippen molar-refractivity contribution < 1.29 is 0 Å². The Morgan fingerprint density at radius 1 is 1.50 bits per heavy atom. The smallest absolute Gasteiger partial charge is 0.214 e. The summed E-state index contributed by atoms with van der Waals surface area (Å²) in [6, 6.07) is 7.25. The van der Waals surface area contributed by atoms with Gasteiger partial charge in [-0.1, -0.05) is 23.7 Å². The quantitative estimate of drug-likeness (QED) is 0.578. The van der Waals surface area contributed by atoms with Crippen LogP contribution >= 0.6 is 23.8 Å². The molecule has 3 N–H and O–H groups in total. The first-order chi connectivity index (χ1) is 6.68. The molecule has 0 saturated carbocycles. The second-order valence-electron chi connectivity index (χ2n) is 2.73. The van der Waals surface area contributed by atoms with Crippen molar-refractivity contribution in [1.29, 1.82) is 0 Å². The van der Waals surface area contributed by atoms with Crippen molar-refractivity contribution in [3.63, 3.8) is 0 Å². The van der Waals surface area contributed by atoms with Gasteiger partial charge >= 0.3 is 0 Å². The first-order valence-electron chi connectivity index (χ1n) is 3.87. The van der Waals surface area contributed by atoms with E-state index in [1.54, 1.807) is 12.1 Å². The normalized spacial score (nSPS) is 10.4. The summed E-state index contributed by atoms with van der Waals surface area (Å²) in [4.78, 5) is 0. The lowest BCUT2D eigenvalue weighted by molar-refractivity contribution is 0.984. The number of aromatic amines is 1. The van der Waals surface area contributed by atoms with Crippen molar-refractivity contribution in [2.45, 2.75) is 0 Å². The van der Waals surface area contributed by atoms with Gasteiger partial charge in [-0.05, 0) is 24.4 Å². The topological polar surface area (TPSA) is 59.6 Å². The van der Waals surface area contributed by atoms with Gasteiger partial charge < -0.3 is 5.84 Å².